The molecule has 0 spiro atoms. The maximum atomic E-state index is 11.3. The van der Waals surface area contributed by atoms with Crippen LogP contribution in [0.25, 0.3) is 0 Å². The molecule has 0 aliphatic rings. The maximum Gasteiger partial charge on any atom is 0.337 e. The summed E-state index contributed by atoms with van der Waals surface area (Å²) in [5, 5.41) is 20.3. The first kappa shape index (κ1) is 14.9. The van der Waals surface area contributed by atoms with Gasteiger partial charge in [0.2, 0.25) is 5.91 Å². The first-order valence-electron chi connectivity index (χ1n) is 5.01. The van der Waals surface area contributed by atoms with Crippen molar-refractivity contribution in [1.82, 2.24) is 5.32 Å². The standard InChI is InChI=1S/C10H19NO5/c1-7(5-16-3)4-8(12)11-6-10(2,15)9(13)14/h7,15H,4-6H2,1-3H3,(H,11,12)(H,13,14). The molecular formula is C10H19NO5. The fourth-order valence-electron chi connectivity index (χ4n) is 1.08. The number of hydrogen-bond acceptors (Lipinski definition) is 4. The summed E-state index contributed by atoms with van der Waals surface area (Å²) < 4.78 is 4.86. The molecule has 0 fully saturated rings. The fraction of sp³-hybridized carbons (Fsp3) is 0.800. The number of amides is 1. The minimum atomic E-state index is -1.93. The highest BCUT2D eigenvalue weighted by Crippen LogP contribution is 2.04. The van der Waals surface area contributed by atoms with E-state index in [1.54, 1.807) is 7.11 Å². The number of carboxylic acids is 1. The molecule has 0 aromatic heterocycles. The van der Waals surface area contributed by atoms with Crippen LogP contribution in [0.4, 0.5) is 0 Å². The van der Waals surface area contributed by atoms with Crippen LogP contribution in [0.1, 0.15) is 20.3 Å². The average molecular weight is 233 g/mol. The summed E-state index contributed by atoms with van der Waals surface area (Å²) in [7, 11) is 1.55. The van der Waals surface area contributed by atoms with Crippen LogP contribution in [-0.4, -0.2) is 48.0 Å². The van der Waals surface area contributed by atoms with Gasteiger partial charge in [0.25, 0.3) is 0 Å². The Labute approximate surface area is 94.6 Å². The van der Waals surface area contributed by atoms with Gasteiger partial charge in [-0.25, -0.2) is 4.79 Å². The Kier molecular flexibility index (Phi) is 5.98. The number of rotatable bonds is 7. The van der Waals surface area contributed by atoms with E-state index in [0.29, 0.717) is 6.61 Å². The Morgan fingerprint density at radius 3 is 2.50 bits per heavy atom. The highest BCUT2D eigenvalue weighted by atomic mass is 16.5. The fourth-order valence-corrected chi connectivity index (χ4v) is 1.08. The van der Waals surface area contributed by atoms with Gasteiger partial charge in [0.1, 0.15) is 0 Å². The first-order chi connectivity index (χ1) is 7.29. The van der Waals surface area contributed by atoms with Crippen molar-refractivity contribution in [3.63, 3.8) is 0 Å². The van der Waals surface area contributed by atoms with Crippen molar-refractivity contribution < 1.29 is 24.5 Å². The minimum absolute atomic E-state index is 0.0553. The van der Waals surface area contributed by atoms with Crippen LogP contribution in [0.5, 0.6) is 0 Å². The summed E-state index contributed by atoms with van der Waals surface area (Å²) >= 11 is 0. The van der Waals surface area contributed by atoms with E-state index in [0.717, 1.165) is 6.92 Å². The first-order valence-corrected chi connectivity index (χ1v) is 5.01. The van der Waals surface area contributed by atoms with Crippen LogP contribution < -0.4 is 5.32 Å². The van der Waals surface area contributed by atoms with Gasteiger partial charge in [-0.3, -0.25) is 4.79 Å². The molecule has 0 aromatic carbocycles. The molecule has 0 saturated carbocycles. The Morgan fingerprint density at radius 1 is 1.50 bits per heavy atom. The molecule has 3 N–H and O–H groups in total. The lowest BCUT2D eigenvalue weighted by Crippen LogP contribution is -2.46. The molecule has 0 heterocycles. The molecule has 0 aliphatic carbocycles. The van der Waals surface area contributed by atoms with Gasteiger partial charge in [0.15, 0.2) is 5.60 Å². The zero-order valence-electron chi connectivity index (χ0n) is 9.82. The van der Waals surface area contributed by atoms with E-state index in [-0.39, 0.29) is 24.8 Å². The van der Waals surface area contributed by atoms with Crippen LogP contribution in [0.15, 0.2) is 0 Å². The number of carbonyl (C=O) groups is 2. The van der Waals surface area contributed by atoms with Gasteiger partial charge in [0.05, 0.1) is 6.54 Å². The van der Waals surface area contributed by atoms with E-state index in [1.807, 2.05) is 6.92 Å². The lowest BCUT2D eigenvalue weighted by Gasteiger charge is -2.19. The quantitative estimate of drug-likeness (QED) is 0.556. The van der Waals surface area contributed by atoms with Crippen molar-refractivity contribution in [1.29, 1.82) is 0 Å². The number of aliphatic hydroxyl groups is 1. The molecule has 94 valence electrons. The van der Waals surface area contributed by atoms with Crippen LogP contribution in [0.2, 0.25) is 0 Å². The van der Waals surface area contributed by atoms with Gasteiger partial charge in [-0.15, -0.1) is 0 Å². The monoisotopic (exact) mass is 233 g/mol. The molecule has 2 atom stereocenters. The van der Waals surface area contributed by atoms with Crippen LogP contribution in [-0.2, 0) is 14.3 Å². The number of methoxy groups -OCH3 is 1. The number of carbonyl (C=O) groups excluding carboxylic acids is 1. The van der Waals surface area contributed by atoms with Crippen molar-refractivity contribution >= 4 is 11.9 Å². The van der Waals surface area contributed by atoms with Crippen molar-refractivity contribution in [2.24, 2.45) is 5.92 Å². The molecule has 2 unspecified atom stereocenters. The number of hydrogen-bond donors (Lipinski definition) is 3. The van der Waals surface area contributed by atoms with E-state index >= 15 is 0 Å². The Bertz CT molecular complexity index is 252. The third-order valence-electron chi connectivity index (χ3n) is 2.08. The van der Waals surface area contributed by atoms with E-state index < -0.39 is 11.6 Å². The van der Waals surface area contributed by atoms with Crippen molar-refractivity contribution in [3.05, 3.63) is 0 Å². The highest BCUT2D eigenvalue weighted by molar-refractivity contribution is 5.80. The second-order valence-corrected chi connectivity index (χ2v) is 4.12. The summed E-state index contributed by atoms with van der Waals surface area (Å²) in [5.41, 5.74) is -1.93. The second-order valence-electron chi connectivity index (χ2n) is 4.12. The zero-order chi connectivity index (χ0) is 12.8. The van der Waals surface area contributed by atoms with Crippen LogP contribution >= 0.6 is 0 Å². The van der Waals surface area contributed by atoms with Gasteiger partial charge >= 0.3 is 5.97 Å². The summed E-state index contributed by atoms with van der Waals surface area (Å²) in [6.45, 7) is 3.14. The van der Waals surface area contributed by atoms with Crippen LogP contribution in [0.3, 0.4) is 0 Å². The molecule has 6 nitrogen and oxygen atoms in total. The lowest BCUT2D eigenvalue weighted by molar-refractivity contribution is -0.156. The molecule has 0 rings (SSSR count). The lowest BCUT2D eigenvalue weighted by atomic mass is 10.1. The molecule has 6 heteroatoms. The Hall–Kier alpha value is -1.14. The molecule has 1 amide bonds. The summed E-state index contributed by atoms with van der Waals surface area (Å²) in [6.07, 6.45) is 0.240. The summed E-state index contributed by atoms with van der Waals surface area (Å²) in [6, 6.07) is 0. The smallest absolute Gasteiger partial charge is 0.337 e. The Morgan fingerprint density at radius 2 is 2.06 bits per heavy atom. The molecule has 0 aliphatic heterocycles. The van der Waals surface area contributed by atoms with E-state index in [1.165, 1.54) is 0 Å². The van der Waals surface area contributed by atoms with Crippen molar-refractivity contribution in [3.8, 4) is 0 Å². The van der Waals surface area contributed by atoms with E-state index in [9.17, 15) is 14.7 Å². The van der Waals surface area contributed by atoms with Gasteiger partial charge in [-0.05, 0) is 12.8 Å². The second kappa shape index (κ2) is 6.44. The average Bonchev–Trinajstić information content (AvgIpc) is 2.15. The number of ether oxygens (including phenoxy) is 1. The summed E-state index contributed by atoms with van der Waals surface area (Å²) in [5.74, 6) is -1.61. The largest absolute Gasteiger partial charge is 0.479 e. The van der Waals surface area contributed by atoms with Crippen molar-refractivity contribution in [2.75, 3.05) is 20.3 Å². The van der Waals surface area contributed by atoms with E-state index in [2.05, 4.69) is 5.32 Å². The number of nitrogens with one attached hydrogen (secondary N) is 1. The zero-order valence-corrected chi connectivity index (χ0v) is 9.82. The molecule has 0 bridgehead atoms. The third-order valence-corrected chi connectivity index (χ3v) is 2.08. The highest BCUT2D eigenvalue weighted by Gasteiger charge is 2.30. The molecule has 0 aromatic rings. The van der Waals surface area contributed by atoms with E-state index in [4.69, 9.17) is 9.84 Å². The minimum Gasteiger partial charge on any atom is -0.479 e. The SMILES string of the molecule is COCC(C)CC(=O)NCC(C)(O)C(=O)O. The topological polar surface area (TPSA) is 95.9 Å². The number of carboxylic acid groups (broad SMARTS) is 1. The third kappa shape index (κ3) is 5.67. The summed E-state index contributed by atoms with van der Waals surface area (Å²) in [4.78, 5) is 21.9. The maximum absolute atomic E-state index is 11.3. The van der Waals surface area contributed by atoms with Gasteiger partial charge in [-0.2, -0.15) is 0 Å². The molecule has 0 saturated heterocycles. The predicted molar refractivity (Wildman–Crippen MR) is 56.9 cm³/mol. The Balaban J connectivity index is 3.94. The predicted octanol–water partition coefficient (Wildman–Crippen LogP) is -0.389. The van der Waals surface area contributed by atoms with Gasteiger partial charge in [-0.1, -0.05) is 6.92 Å². The normalized spacial score (nSPS) is 16.2. The molecular weight excluding hydrogens is 214 g/mol. The van der Waals surface area contributed by atoms with Gasteiger partial charge < -0.3 is 20.3 Å². The molecule has 16 heavy (non-hydrogen) atoms. The van der Waals surface area contributed by atoms with Crippen LogP contribution in [0, 0.1) is 5.92 Å². The van der Waals surface area contributed by atoms with Crippen molar-refractivity contribution in [2.45, 2.75) is 25.9 Å². The molecule has 0 radical (unpaired) electrons. The number of aliphatic carboxylic acids is 1. The van der Waals surface area contributed by atoms with Gasteiger partial charge in [0, 0.05) is 20.1 Å².